The first kappa shape index (κ1) is 13.8. The highest BCUT2D eigenvalue weighted by Crippen LogP contribution is 2.12. The van der Waals surface area contributed by atoms with Gasteiger partial charge in [0.2, 0.25) is 0 Å². The zero-order chi connectivity index (χ0) is 13.5. The van der Waals surface area contributed by atoms with Crippen molar-refractivity contribution < 1.29 is 4.79 Å². The molecule has 19 heavy (non-hydrogen) atoms. The van der Waals surface area contributed by atoms with Crippen LogP contribution >= 0.6 is 0 Å². The second-order valence-electron chi connectivity index (χ2n) is 5.16. The first-order valence-electron chi connectivity index (χ1n) is 7.05. The second kappa shape index (κ2) is 7.06. The number of carbonyl (C=O) groups excluding carboxylic acids is 1. The molecule has 0 aromatic heterocycles. The second-order valence-corrected chi connectivity index (χ2v) is 5.16. The maximum absolute atomic E-state index is 12.2. The van der Waals surface area contributed by atoms with Crippen molar-refractivity contribution >= 4 is 5.78 Å². The molecule has 3 heteroatoms. The Morgan fingerprint density at radius 3 is 2.21 bits per heavy atom. The molecular formula is C16H20N2O. The number of ketones is 1. The van der Waals surface area contributed by atoms with Crippen LogP contribution in [0.1, 0.15) is 48.0 Å². The van der Waals surface area contributed by atoms with Crippen molar-refractivity contribution in [3.63, 3.8) is 0 Å². The van der Waals surface area contributed by atoms with Crippen molar-refractivity contribution in [2.24, 2.45) is 0 Å². The predicted octanol–water partition coefficient (Wildman–Crippen LogP) is 3.01. The fraction of sp³-hybridized carbons (Fsp3) is 0.500. The average molecular weight is 256 g/mol. The van der Waals surface area contributed by atoms with E-state index in [0.717, 1.165) is 13.1 Å². The lowest BCUT2D eigenvalue weighted by atomic mass is 10.1. The molecule has 0 amide bonds. The number of nitriles is 1. The Bertz CT molecular complexity index is 451. The molecule has 3 nitrogen and oxygen atoms in total. The Hall–Kier alpha value is -1.66. The van der Waals surface area contributed by atoms with E-state index in [9.17, 15) is 4.79 Å². The van der Waals surface area contributed by atoms with Gasteiger partial charge in [-0.1, -0.05) is 31.4 Å². The van der Waals surface area contributed by atoms with E-state index in [0.29, 0.717) is 17.7 Å². The van der Waals surface area contributed by atoms with E-state index in [4.69, 9.17) is 5.26 Å². The molecule has 100 valence electrons. The number of nitrogens with zero attached hydrogens (tertiary/aromatic N) is 2. The first-order chi connectivity index (χ1) is 9.29. The van der Waals surface area contributed by atoms with Crippen LogP contribution in [0, 0.1) is 11.3 Å². The van der Waals surface area contributed by atoms with Crippen LogP contribution in [0.15, 0.2) is 24.3 Å². The summed E-state index contributed by atoms with van der Waals surface area (Å²) in [5.41, 5.74) is 1.31. The molecule has 0 unspecified atom stereocenters. The van der Waals surface area contributed by atoms with Gasteiger partial charge in [-0.3, -0.25) is 9.69 Å². The van der Waals surface area contributed by atoms with Crippen molar-refractivity contribution in [1.82, 2.24) is 4.90 Å². The lowest BCUT2D eigenvalue weighted by Gasteiger charge is -2.23. The normalized spacial score (nSPS) is 17.2. The van der Waals surface area contributed by atoms with Gasteiger partial charge >= 0.3 is 0 Å². The summed E-state index contributed by atoms with van der Waals surface area (Å²) in [6.45, 7) is 2.57. The van der Waals surface area contributed by atoms with Crippen molar-refractivity contribution in [3.8, 4) is 6.07 Å². The number of rotatable bonds is 3. The van der Waals surface area contributed by atoms with Crippen LogP contribution in [0.5, 0.6) is 0 Å². The van der Waals surface area contributed by atoms with Crippen LogP contribution in [0.25, 0.3) is 0 Å². The number of carbonyl (C=O) groups is 1. The molecule has 0 bridgehead atoms. The lowest BCUT2D eigenvalue weighted by Crippen LogP contribution is -2.32. The van der Waals surface area contributed by atoms with E-state index >= 15 is 0 Å². The van der Waals surface area contributed by atoms with Gasteiger partial charge in [0.05, 0.1) is 18.2 Å². The molecule has 0 spiro atoms. The topological polar surface area (TPSA) is 44.1 Å². The van der Waals surface area contributed by atoms with Gasteiger partial charge in [0.15, 0.2) is 5.78 Å². The van der Waals surface area contributed by atoms with E-state index in [1.165, 1.54) is 32.1 Å². The van der Waals surface area contributed by atoms with E-state index in [1.54, 1.807) is 24.3 Å². The number of benzene rings is 1. The van der Waals surface area contributed by atoms with Crippen molar-refractivity contribution in [2.45, 2.75) is 32.1 Å². The third-order valence-electron chi connectivity index (χ3n) is 3.65. The zero-order valence-corrected chi connectivity index (χ0v) is 11.3. The summed E-state index contributed by atoms with van der Waals surface area (Å²) in [6, 6.07) is 9.00. The minimum atomic E-state index is 0.157. The molecular weight excluding hydrogens is 236 g/mol. The zero-order valence-electron chi connectivity index (χ0n) is 11.3. The van der Waals surface area contributed by atoms with Crippen molar-refractivity contribution in [3.05, 3.63) is 35.4 Å². The van der Waals surface area contributed by atoms with Gasteiger partial charge in [-0.05, 0) is 38.1 Å². The summed E-state index contributed by atoms with van der Waals surface area (Å²) in [7, 11) is 0. The quantitative estimate of drug-likeness (QED) is 0.781. The van der Waals surface area contributed by atoms with E-state index < -0.39 is 0 Å². The molecule has 1 fully saturated rings. The number of Topliss-reactive ketones (excluding diaryl/α,β-unsaturated/α-hetero) is 1. The Morgan fingerprint density at radius 2 is 1.63 bits per heavy atom. The third-order valence-corrected chi connectivity index (χ3v) is 3.65. The molecule has 2 rings (SSSR count). The highest BCUT2D eigenvalue weighted by Gasteiger charge is 2.13. The fourth-order valence-corrected chi connectivity index (χ4v) is 2.50. The monoisotopic (exact) mass is 256 g/mol. The Labute approximate surface area is 114 Å². The van der Waals surface area contributed by atoms with Crippen LogP contribution in [-0.2, 0) is 0 Å². The van der Waals surface area contributed by atoms with Crippen LogP contribution in [0.3, 0.4) is 0 Å². The minimum Gasteiger partial charge on any atom is -0.296 e. The smallest absolute Gasteiger partial charge is 0.176 e. The Balaban J connectivity index is 1.93. The van der Waals surface area contributed by atoms with Crippen LogP contribution in [0.2, 0.25) is 0 Å². The molecule has 1 aromatic rings. The minimum absolute atomic E-state index is 0.157. The van der Waals surface area contributed by atoms with Crippen molar-refractivity contribution in [2.75, 3.05) is 19.6 Å². The fourth-order valence-electron chi connectivity index (χ4n) is 2.50. The molecule has 1 heterocycles. The summed E-state index contributed by atoms with van der Waals surface area (Å²) in [6.07, 6.45) is 6.28. The van der Waals surface area contributed by atoms with Gasteiger partial charge in [0.1, 0.15) is 0 Å². The summed E-state index contributed by atoms with van der Waals surface area (Å²) in [5, 5.41) is 8.74. The van der Waals surface area contributed by atoms with Gasteiger partial charge in [-0.15, -0.1) is 0 Å². The Kier molecular flexibility index (Phi) is 5.11. The van der Waals surface area contributed by atoms with Crippen LogP contribution in [-0.4, -0.2) is 30.3 Å². The van der Waals surface area contributed by atoms with E-state index in [2.05, 4.69) is 11.0 Å². The number of likely N-dealkylation sites (tertiary alicyclic amines) is 1. The van der Waals surface area contributed by atoms with Crippen LogP contribution < -0.4 is 0 Å². The van der Waals surface area contributed by atoms with E-state index in [1.807, 2.05) is 0 Å². The highest BCUT2D eigenvalue weighted by molar-refractivity contribution is 5.97. The van der Waals surface area contributed by atoms with E-state index in [-0.39, 0.29) is 5.78 Å². The standard InChI is InChI=1S/C16H20N2O/c17-12-14-6-8-15(9-7-14)16(19)13-18-10-4-2-1-3-5-11-18/h6-9H,1-5,10-11,13H2. The van der Waals surface area contributed by atoms with Crippen molar-refractivity contribution in [1.29, 1.82) is 5.26 Å². The molecule has 1 aliphatic rings. The maximum atomic E-state index is 12.2. The SMILES string of the molecule is N#Cc1ccc(C(=O)CN2CCCCCCC2)cc1. The summed E-state index contributed by atoms with van der Waals surface area (Å²) >= 11 is 0. The van der Waals surface area contributed by atoms with Gasteiger partial charge in [-0.25, -0.2) is 0 Å². The summed E-state index contributed by atoms with van der Waals surface area (Å²) in [5.74, 6) is 0.157. The molecule has 0 saturated carbocycles. The molecule has 1 aliphatic heterocycles. The first-order valence-corrected chi connectivity index (χ1v) is 7.05. The van der Waals surface area contributed by atoms with Gasteiger partial charge < -0.3 is 0 Å². The number of hydrogen-bond donors (Lipinski definition) is 0. The predicted molar refractivity (Wildman–Crippen MR) is 75.0 cm³/mol. The molecule has 1 saturated heterocycles. The number of hydrogen-bond acceptors (Lipinski definition) is 3. The highest BCUT2D eigenvalue weighted by atomic mass is 16.1. The molecule has 1 aromatic carbocycles. The maximum Gasteiger partial charge on any atom is 0.176 e. The van der Waals surface area contributed by atoms with Gasteiger partial charge in [-0.2, -0.15) is 5.26 Å². The third kappa shape index (κ3) is 4.18. The average Bonchev–Trinajstić information content (AvgIpc) is 2.41. The Morgan fingerprint density at radius 1 is 1.05 bits per heavy atom. The largest absolute Gasteiger partial charge is 0.296 e. The summed E-state index contributed by atoms with van der Waals surface area (Å²) in [4.78, 5) is 14.4. The molecule has 0 aliphatic carbocycles. The molecule has 0 atom stereocenters. The summed E-state index contributed by atoms with van der Waals surface area (Å²) < 4.78 is 0. The van der Waals surface area contributed by atoms with Gasteiger partial charge in [0, 0.05) is 5.56 Å². The molecule has 0 N–H and O–H groups in total. The van der Waals surface area contributed by atoms with Gasteiger partial charge in [0.25, 0.3) is 0 Å². The van der Waals surface area contributed by atoms with Crippen LogP contribution in [0.4, 0.5) is 0 Å². The molecule has 0 radical (unpaired) electrons. The lowest BCUT2D eigenvalue weighted by molar-refractivity contribution is 0.0924.